The molecule has 2 aromatic carbocycles. The van der Waals surface area contributed by atoms with Gasteiger partial charge in [0.05, 0.1) is 12.9 Å². The van der Waals surface area contributed by atoms with Crippen molar-refractivity contribution < 1.29 is 34.2 Å². The van der Waals surface area contributed by atoms with E-state index in [1.165, 1.54) is 24.3 Å². The number of nitrogens with zero attached hydrogens (tertiary/aromatic N) is 1. The van der Waals surface area contributed by atoms with Gasteiger partial charge in [-0.1, -0.05) is 48.5 Å². The van der Waals surface area contributed by atoms with E-state index in [9.17, 15) is 25.3 Å². The van der Waals surface area contributed by atoms with Crippen LogP contribution in [0.4, 0.5) is 0 Å². The van der Waals surface area contributed by atoms with Crippen LogP contribution >= 0.6 is 0 Å². The standard InChI is InChI=1S/C16H21N3O8S3/c1-19(18-28(2,20)21)29(22,23)16(27-15-11-7-4-8-12-15)17-30(24,25)26-13-14-9-5-3-6-10-14/h3-12,16-18H,13H2,1-2H3. The molecule has 0 aliphatic carbocycles. The molecule has 1 atom stereocenters. The zero-order valence-electron chi connectivity index (χ0n) is 16.0. The maximum Gasteiger partial charge on any atom is 0.340 e. The van der Waals surface area contributed by atoms with E-state index in [1.54, 1.807) is 46.0 Å². The number of hydrogen-bond acceptors (Lipinski definition) is 8. The summed E-state index contributed by atoms with van der Waals surface area (Å²) in [6.07, 6.45) is 0.735. The summed E-state index contributed by atoms with van der Waals surface area (Å²) in [5.74, 6) is 0.0181. The predicted molar refractivity (Wildman–Crippen MR) is 109 cm³/mol. The van der Waals surface area contributed by atoms with Crippen molar-refractivity contribution in [2.24, 2.45) is 0 Å². The maximum absolute atomic E-state index is 12.8. The minimum Gasteiger partial charge on any atom is -0.458 e. The van der Waals surface area contributed by atoms with E-state index in [2.05, 4.69) is 0 Å². The summed E-state index contributed by atoms with van der Waals surface area (Å²) in [5.41, 5.74) is -1.69. The molecule has 0 heterocycles. The van der Waals surface area contributed by atoms with Crippen molar-refractivity contribution >= 4 is 30.4 Å². The van der Waals surface area contributed by atoms with Crippen LogP contribution in [0.25, 0.3) is 0 Å². The Bertz CT molecular complexity index is 1140. The highest BCUT2D eigenvalue weighted by atomic mass is 32.2. The Kier molecular flexibility index (Phi) is 7.93. The minimum absolute atomic E-state index is 0.0181. The number of hydrazine groups is 1. The summed E-state index contributed by atoms with van der Waals surface area (Å²) in [7, 11) is -12.4. The number of hydrogen-bond donors (Lipinski definition) is 2. The Balaban J connectivity index is 2.26. The molecule has 0 saturated carbocycles. The Hall–Kier alpha value is -2.07. The summed E-state index contributed by atoms with van der Waals surface area (Å²) in [6.45, 7) is -0.355. The van der Waals surface area contributed by atoms with Gasteiger partial charge in [0.25, 0.3) is 15.6 Å². The number of benzene rings is 2. The van der Waals surface area contributed by atoms with Crippen molar-refractivity contribution in [1.29, 1.82) is 0 Å². The molecule has 2 aromatic rings. The van der Waals surface area contributed by atoms with Crippen molar-refractivity contribution in [1.82, 2.24) is 14.0 Å². The van der Waals surface area contributed by atoms with Crippen LogP contribution in [0.3, 0.4) is 0 Å². The van der Waals surface area contributed by atoms with Crippen molar-refractivity contribution in [3.63, 3.8) is 0 Å². The smallest absolute Gasteiger partial charge is 0.340 e. The van der Waals surface area contributed by atoms with Crippen LogP contribution in [0.2, 0.25) is 0 Å². The van der Waals surface area contributed by atoms with Gasteiger partial charge in [0, 0.05) is 7.05 Å². The van der Waals surface area contributed by atoms with E-state index in [0.29, 0.717) is 5.56 Å². The molecule has 0 saturated heterocycles. The lowest BCUT2D eigenvalue weighted by Gasteiger charge is -2.25. The number of ether oxygens (including phenoxy) is 1. The van der Waals surface area contributed by atoms with Gasteiger partial charge in [0.2, 0.25) is 10.0 Å². The number of nitrogens with one attached hydrogen (secondary N) is 2. The van der Waals surface area contributed by atoms with E-state index >= 15 is 0 Å². The van der Waals surface area contributed by atoms with Crippen molar-refractivity contribution in [3.8, 4) is 5.75 Å². The van der Waals surface area contributed by atoms with Crippen LogP contribution < -0.4 is 14.3 Å². The molecular weight excluding hydrogens is 458 g/mol. The third-order valence-electron chi connectivity index (χ3n) is 3.40. The highest BCUT2D eigenvalue weighted by Gasteiger charge is 2.37. The number of rotatable bonds is 11. The molecule has 0 aromatic heterocycles. The fourth-order valence-electron chi connectivity index (χ4n) is 2.07. The van der Waals surface area contributed by atoms with Crippen LogP contribution in [0.5, 0.6) is 5.75 Å². The molecule has 14 heteroatoms. The first kappa shape index (κ1) is 24.2. The van der Waals surface area contributed by atoms with Crippen molar-refractivity contribution in [2.45, 2.75) is 12.2 Å². The Morgan fingerprint density at radius 2 is 1.43 bits per heavy atom. The second-order valence-corrected chi connectivity index (χ2v) is 11.1. The van der Waals surface area contributed by atoms with Gasteiger partial charge in [-0.05, 0) is 17.7 Å². The number of sulfonamides is 2. The second kappa shape index (κ2) is 9.82. The summed E-state index contributed by atoms with van der Waals surface area (Å²) in [5, 5.41) is 0. The molecule has 0 fully saturated rings. The first-order valence-electron chi connectivity index (χ1n) is 8.26. The topological polar surface area (TPSA) is 148 Å². The predicted octanol–water partition coefficient (Wildman–Crippen LogP) is 0.126. The van der Waals surface area contributed by atoms with E-state index in [1.807, 2.05) is 0 Å². The lowest BCUT2D eigenvalue weighted by atomic mass is 10.2. The lowest BCUT2D eigenvalue weighted by molar-refractivity contribution is 0.230. The van der Waals surface area contributed by atoms with Crippen LogP contribution in [0.1, 0.15) is 5.56 Å². The molecule has 166 valence electrons. The van der Waals surface area contributed by atoms with Crippen molar-refractivity contribution in [3.05, 3.63) is 66.2 Å². The molecular formula is C16H21N3O8S3. The van der Waals surface area contributed by atoms with Gasteiger partial charge in [0.15, 0.2) is 0 Å². The summed E-state index contributed by atoms with van der Waals surface area (Å²) >= 11 is 0. The monoisotopic (exact) mass is 479 g/mol. The molecule has 2 rings (SSSR count). The Labute approximate surface area is 175 Å². The fraction of sp³-hybridized carbons (Fsp3) is 0.250. The molecule has 0 amide bonds. The van der Waals surface area contributed by atoms with Crippen LogP contribution in [0, 0.1) is 0 Å². The summed E-state index contributed by atoms with van der Waals surface area (Å²) in [6, 6.07) is 15.8. The highest BCUT2D eigenvalue weighted by Crippen LogP contribution is 2.16. The van der Waals surface area contributed by atoms with Gasteiger partial charge in [0.1, 0.15) is 5.75 Å². The molecule has 0 radical (unpaired) electrons. The molecule has 30 heavy (non-hydrogen) atoms. The van der Waals surface area contributed by atoms with Crippen molar-refractivity contribution in [2.75, 3.05) is 13.3 Å². The Morgan fingerprint density at radius 3 is 1.97 bits per heavy atom. The van der Waals surface area contributed by atoms with E-state index < -0.39 is 35.9 Å². The highest BCUT2D eigenvalue weighted by molar-refractivity contribution is 7.93. The van der Waals surface area contributed by atoms with Gasteiger partial charge >= 0.3 is 10.3 Å². The molecule has 2 N–H and O–H groups in total. The molecule has 1 unspecified atom stereocenters. The largest absolute Gasteiger partial charge is 0.458 e. The molecule has 0 aliphatic rings. The fourth-order valence-corrected chi connectivity index (χ4v) is 5.36. The third-order valence-corrected chi connectivity index (χ3v) is 6.81. The number of para-hydroxylation sites is 1. The van der Waals surface area contributed by atoms with E-state index in [0.717, 1.165) is 13.3 Å². The van der Waals surface area contributed by atoms with Gasteiger partial charge in [-0.3, -0.25) is 4.18 Å². The second-order valence-electron chi connectivity index (χ2n) is 5.96. The normalized spacial score (nSPS) is 13.8. The molecule has 0 aliphatic heterocycles. The Morgan fingerprint density at radius 1 is 0.900 bits per heavy atom. The quantitative estimate of drug-likeness (QED) is 0.341. The van der Waals surface area contributed by atoms with Gasteiger partial charge in [-0.15, -0.1) is 14.0 Å². The zero-order chi connectivity index (χ0) is 22.4. The average molecular weight is 480 g/mol. The van der Waals surface area contributed by atoms with E-state index in [-0.39, 0.29) is 16.8 Å². The molecule has 11 nitrogen and oxygen atoms in total. The lowest BCUT2D eigenvalue weighted by Crippen LogP contribution is -2.54. The van der Waals surface area contributed by atoms with Crippen LogP contribution in [-0.4, -0.2) is 48.5 Å². The first-order valence-corrected chi connectivity index (χ1v) is 13.1. The molecule has 0 bridgehead atoms. The SMILES string of the molecule is CN(NS(C)(=O)=O)S(=O)(=O)C(NS(=O)(=O)OCc1ccccc1)Oc1ccccc1. The van der Waals surface area contributed by atoms with Gasteiger partial charge < -0.3 is 4.74 Å². The minimum atomic E-state index is -4.70. The van der Waals surface area contributed by atoms with E-state index in [4.69, 9.17) is 8.92 Å². The summed E-state index contributed by atoms with van der Waals surface area (Å²) < 4.78 is 85.0. The van der Waals surface area contributed by atoms with Gasteiger partial charge in [-0.2, -0.15) is 8.42 Å². The van der Waals surface area contributed by atoms with Crippen LogP contribution in [-0.2, 0) is 41.1 Å². The van der Waals surface area contributed by atoms with Gasteiger partial charge in [-0.25, -0.2) is 16.8 Å². The first-order chi connectivity index (χ1) is 13.9. The third kappa shape index (κ3) is 7.64. The molecule has 0 spiro atoms. The van der Waals surface area contributed by atoms with Crippen LogP contribution in [0.15, 0.2) is 60.7 Å². The summed E-state index contributed by atoms with van der Waals surface area (Å²) in [4.78, 5) is 1.73. The average Bonchev–Trinajstić information content (AvgIpc) is 2.66. The zero-order valence-corrected chi connectivity index (χ0v) is 18.4. The maximum atomic E-state index is 12.8.